The smallest absolute Gasteiger partial charge is 0.270 e. The maximum absolute atomic E-state index is 10.9. The molecule has 0 radical (unpaired) electrons. The summed E-state index contributed by atoms with van der Waals surface area (Å²) in [7, 11) is 0. The Morgan fingerprint density at radius 2 is 1.96 bits per heavy atom. The predicted molar refractivity (Wildman–Crippen MR) is 90.6 cm³/mol. The SMILES string of the molecule is NC1=Cc2cc(-c3cc4cc([N+](=O)[O-])ccc4[nH]3)[nH]c2C=CC1. The van der Waals surface area contributed by atoms with Crippen molar-refractivity contribution < 1.29 is 4.92 Å². The molecule has 0 atom stereocenters. The van der Waals surface area contributed by atoms with Crippen molar-refractivity contribution in [2.24, 2.45) is 5.73 Å². The highest BCUT2D eigenvalue weighted by Crippen LogP contribution is 2.29. The van der Waals surface area contributed by atoms with Crippen molar-refractivity contribution in [1.29, 1.82) is 0 Å². The van der Waals surface area contributed by atoms with Crippen molar-refractivity contribution in [3.8, 4) is 11.4 Å². The Kier molecular flexibility index (Phi) is 2.84. The lowest BCUT2D eigenvalue weighted by molar-refractivity contribution is -0.384. The topological polar surface area (TPSA) is 101 Å². The Morgan fingerprint density at radius 3 is 2.78 bits per heavy atom. The van der Waals surface area contributed by atoms with E-state index in [1.807, 2.05) is 30.4 Å². The van der Waals surface area contributed by atoms with Gasteiger partial charge in [-0.15, -0.1) is 0 Å². The summed E-state index contributed by atoms with van der Waals surface area (Å²) in [6, 6.07) is 8.73. The van der Waals surface area contributed by atoms with Crippen molar-refractivity contribution in [2.45, 2.75) is 6.42 Å². The maximum Gasteiger partial charge on any atom is 0.270 e. The molecule has 0 spiro atoms. The summed E-state index contributed by atoms with van der Waals surface area (Å²) in [4.78, 5) is 17.1. The molecule has 4 N–H and O–H groups in total. The molecule has 2 heterocycles. The first-order valence-electron chi connectivity index (χ1n) is 7.23. The standard InChI is InChI=1S/C17H14N4O2/c18-12-2-1-3-14-10(6-12)8-16(19-14)17-9-11-7-13(21(22)23)4-5-15(11)20-17/h1,3-9,19-20H,2,18H2. The lowest BCUT2D eigenvalue weighted by atomic mass is 10.2. The molecule has 6 nitrogen and oxygen atoms in total. The van der Waals surface area contributed by atoms with Gasteiger partial charge >= 0.3 is 0 Å². The molecule has 4 rings (SSSR count). The number of fused-ring (bicyclic) bond motifs is 2. The number of aromatic nitrogens is 2. The van der Waals surface area contributed by atoms with Crippen molar-refractivity contribution in [2.75, 3.05) is 0 Å². The number of nitrogens with one attached hydrogen (secondary N) is 2. The largest absolute Gasteiger partial charge is 0.402 e. The normalized spacial score (nSPS) is 13.7. The van der Waals surface area contributed by atoms with E-state index < -0.39 is 0 Å². The number of benzene rings is 1. The number of hydrogen-bond donors (Lipinski definition) is 3. The van der Waals surface area contributed by atoms with Crippen LogP contribution in [0.5, 0.6) is 0 Å². The monoisotopic (exact) mass is 306 g/mol. The average Bonchev–Trinajstić information content (AvgIpc) is 3.06. The van der Waals surface area contributed by atoms with Gasteiger partial charge < -0.3 is 15.7 Å². The maximum atomic E-state index is 10.9. The molecule has 3 aromatic rings. The molecular formula is C17H14N4O2. The highest BCUT2D eigenvalue weighted by atomic mass is 16.6. The summed E-state index contributed by atoms with van der Waals surface area (Å²) < 4.78 is 0. The molecule has 0 unspecified atom stereocenters. The summed E-state index contributed by atoms with van der Waals surface area (Å²) in [6.07, 6.45) is 6.74. The summed E-state index contributed by atoms with van der Waals surface area (Å²) in [5, 5.41) is 11.7. The van der Waals surface area contributed by atoms with Crippen LogP contribution in [-0.4, -0.2) is 14.9 Å². The molecule has 0 fully saturated rings. The van der Waals surface area contributed by atoms with E-state index in [0.29, 0.717) is 0 Å². The van der Waals surface area contributed by atoms with Crippen molar-refractivity contribution in [3.63, 3.8) is 0 Å². The van der Waals surface area contributed by atoms with Crippen LogP contribution in [0.3, 0.4) is 0 Å². The second-order valence-electron chi connectivity index (χ2n) is 5.59. The van der Waals surface area contributed by atoms with E-state index in [2.05, 4.69) is 9.97 Å². The van der Waals surface area contributed by atoms with E-state index in [0.717, 1.165) is 45.7 Å². The number of hydrogen-bond acceptors (Lipinski definition) is 3. The average molecular weight is 306 g/mol. The zero-order valence-corrected chi connectivity index (χ0v) is 12.2. The third kappa shape index (κ3) is 2.30. The van der Waals surface area contributed by atoms with Crippen LogP contribution >= 0.6 is 0 Å². The van der Waals surface area contributed by atoms with E-state index in [1.54, 1.807) is 12.1 Å². The number of nitrogens with zero attached hydrogens (tertiary/aromatic N) is 1. The zero-order chi connectivity index (χ0) is 16.0. The van der Waals surface area contributed by atoms with Crippen LogP contribution in [0.2, 0.25) is 0 Å². The highest BCUT2D eigenvalue weighted by Gasteiger charge is 2.12. The number of rotatable bonds is 2. The number of nitro groups is 1. The van der Waals surface area contributed by atoms with E-state index in [4.69, 9.17) is 5.73 Å². The Hall–Kier alpha value is -3.28. The Morgan fingerprint density at radius 1 is 1.13 bits per heavy atom. The van der Waals surface area contributed by atoms with Gasteiger partial charge in [0.25, 0.3) is 5.69 Å². The van der Waals surface area contributed by atoms with Crippen LogP contribution in [0.4, 0.5) is 5.69 Å². The molecule has 114 valence electrons. The summed E-state index contributed by atoms with van der Waals surface area (Å²) >= 11 is 0. The second kappa shape index (κ2) is 4.88. The van der Waals surface area contributed by atoms with Crippen molar-refractivity contribution in [1.82, 2.24) is 9.97 Å². The molecule has 1 aliphatic carbocycles. The van der Waals surface area contributed by atoms with E-state index in [9.17, 15) is 10.1 Å². The van der Waals surface area contributed by atoms with Gasteiger partial charge in [0.15, 0.2) is 0 Å². The molecule has 0 amide bonds. The Labute approximate surface area is 131 Å². The minimum atomic E-state index is -0.388. The molecule has 0 saturated carbocycles. The van der Waals surface area contributed by atoms with Gasteiger partial charge in [0.2, 0.25) is 0 Å². The first-order chi connectivity index (χ1) is 11.1. The van der Waals surface area contributed by atoms with Crippen LogP contribution in [0, 0.1) is 10.1 Å². The Bertz CT molecular complexity index is 991. The van der Waals surface area contributed by atoms with Crippen LogP contribution in [0.1, 0.15) is 17.7 Å². The van der Waals surface area contributed by atoms with Gasteiger partial charge in [0.1, 0.15) is 0 Å². The van der Waals surface area contributed by atoms with Gasteiger partial charge in [-0.1, -0.05) is 6.08 Å². The van der Waals surface area contributed by atoms with E-state index >= 15 is 0 Å². The van der Waals surface area contributed by atoms with E-state index in [-0.39, 0.29) is 10.6 Å². The number of nitro benzene ring substituents is 1. The van der Waals surface area contributed by atoms with Crippen LogP contribution in [0.25, 0.3) is 34.4 Å². The molecule has 6 heteroatoms. The first kappa shape index (κ1) is 13.4. The van der Waals surface area contributed by atoms with Crippen LogP contribution in [-0.2, 0) is 0 Å². The highest BCUT2D eigenvalue weighted by molar-refractivity contribution is 5.87. The van der Waals surface area contributed by atoms with Gasteiger partial charge in [-0.3, -0.25) is 10.1 Å². The summed E-state index contributed by atoms with van der Waals surface area (Å²) in [5.41, 5.74) is 11.5. The number of allylic oxidation sites excluding steroid dienone is 1. The zero-order valence-electron chi connectivity index (χ0n) is 12.2. The lowest BCUT2D eigenvalue weighted by Gasteiger charge is -1.93. The first-order valence-corrected chi connectivity index (χ1v) is 7.23. The molecule has 0 bridgehead atoms. The molecule has 0 aliphatic heterocycles. The minimum absolute atomic E-state index is 0.0870. The van der Waals surface area contributed by atoms with Gasteiger partial charge in [-0.2, -0.15) is 0 Å². The minimum Gasteiger partial charge on any atom is -0.402 e. The van der Waals surface area contributed by atoms with Crippen LogP contribution in [0.15, 0.2) is 42.1 Å². The fourth-order valence-electron chi connectivity index (χ4n) is 2.84. The number of nitrogens with two attached hydrogens (primary N) is 1. The third-order valence-electron chi connectivity index (χ3n) is 3.96. The van der Waals surface area contributed by atoms with Crippen LogP contribution < -0.4 is 5.73 Å². The fraction of sp³-hybridized carbons (Fsp3) is 0.0588. The molecule has 1 aliphatic rings. The molecule has 2 aromatic heterocycles. The second-order valence-corrected chi connectivity index (χ2v) is 5.59. The quantitative estimate of drug-likeness (QED) is 0.496. The van der Waals surface area contributed by atoms with Crippen molar-refractivity contribution in [3.05, 3.63) is 63.5 Å². The molecule has 23 heavy (non-hydrogen) atoms. The predicted octanol–water partition coefficient (Wildman–Crippen LogP) is 3.79. The van der Waals surface area contributed by atoms with Gasteiger partial charge in [-0.05, 0) is 30.4 Å². The molecular weight excluding hydrogens is 292 g/mol. The van der Waals surface area contributed by atoms with Gasteiger partial charge in [0.05, 0.1) is 16.3 Å². The lowest BCUT2D eigenvalue weighted by Crippen LogP contribution is -1.93. The summed E-state index contributed by atoms with van der Waals surface area (Å²) in [5.74, 6) is 0. The number of non-ortho nitro benzene ring substituents is 1. The Balaban J connectivity index is 1.81. The third-order valence-corrected chi connectivity index (χ3v) is 3.96. The number of H-pyrrole nitrogens is 2. The van der Waals surface area contributed by atoms with Crippen molar-refractivity contribution >= 4 is 28.7 Å². The number of aromatic amines is 2. The molecule has 0 saturated heterocycles. The van der Waals surface area contributed by atoms with E-state index in [1.165, 1.54) is 6.07 Å². The summed E-state index contributed by atoms with van der Waals surface area (Å²) in [6.45, 7) is 0. The fourth-order valence-corrected chi connectivity index (χ4v) is 2.84. The van der Waals surface area contributed by atoms with Gasteiger partial charge in [-0.25, -0.2) is 0 Å². The van der Waals surface area contributed by atoms with Gasteiger partial charge in [0, 0.05) is 46.4 Å². The molecule has 1 aromatic carbocycles.